The number of rotatable bonds is 4. The zero-order chi connectivity index (χ0) is 13.0. The molecule has 0 aliphatic heterocycles. The van der Waals surface area contributed by atoms with Crippen molar-refractivity contribution in [2.75, 3.05) is 6.61 Å². The molecule has 1 saturated carbocycles. The van der Waals surface area contributed by atoms with Gasteiger partial charge in [0.15, 0.2) is 0 Å². The zero-order valence-corrected chi connectivity index (χ0v) is 12.0. The van der Waals surface area contributed by atoms with Crippen LogP contribution in [0.1, 0.15) is 37.7 Å². The number of phenols is 1. The van der Waals surface area contributed by atoms with Crippen molar-refractivity contribution in [3.63, 3.8) is 0 Å². The number of hydrogen-bond donors (Lipinski definition) is 3. The van der Waals surface area contributed by atoms with Gasteiger partial charge in [0, 0.05) is 22.1 Å². The number of hydrogen-bond acceptors (Lipinski definition) is 3. The number of aromatic hydroxyl groups is 1. The molecule has 1 fully saturated rings. The Kier molecular flexibility index (Phi) is 4.65. The molecule has 4 heteroatoms. The Morgan fingerprint density at radius 2 is 1.94 bits per heavy atom. The van der Waals surface area contributed by atoms with Gasteiger partial charge in [-0.15, -0.1) is 0 Å². The predicted octanol–water partition coefficient (Wildman–Crippen LogP) is 2.94. The van der Waals surface area contributed by atoms with Crippen LogP contribution in [0.25, 0.3) is 0 Å². The summed E-state index contributed by atoms with van der Waals surface area (Å²) in [5.74, 6) is 0.301. The Morgan fingerprint density at radius 1 is 1.22 bits per heavy atom. The molecule has 0 saturated heterocycles. The maximum absolute atomic E-state index is 9.80. The molecule has 0 atom stereocenters. The second-order valence-corrected chi connectivity index (χ2v) is 6.04. The third-order valence-electron chi connectivity index (χ3n) is 3.81. The van der Waals surface area contributed by atoms with Gasteiger partial charge in [0.25, 0.3) is 0 Å². The molecule has 0 aromatic heterocycles. The van der Waals surface area contributed by atoms with Crippen LogP contribution in [-0.4, -0.2) is 22.4 Å². The minimum absolute atomic E-state index is 0.160. The van der Waals surface area contributed by atoms with E-state index in [1.54, 1.807) is 6.07 Å². The van der Waals surface area contributed by atoms with Crippen LogP contribution in [0.2, 0.25) is 0 Å². The van der Waals surface area contributed by atoms with Gasteiger partial charge >= 0.3 is 0 Å². The quantitative estimate of drug-likeness (QED) is 0.801. The SMILES string of the molecule is OCC1(NCc2cc(Br)ccc2O)CCCCC1. The lowest BCUT2D eigenvalue weighted by Gasteiger charge is -2.36. The molecule has 1 aromatic rings. The lowest BCUT2D eigenvalue weighted by Crippen LogP contribution is -2.49. The third kappa shape index (κ3) is 3.25. The van der Waals surface area contributed by atoms with Gasteiger partial charge in [0.2, 0.25) is 0 Å². The van der Waals surface area contributed by atoms with Gasteiger partial charge in [-0.2, -0.15) is 0 Å². The van der Waals surface area contributed by atoms with E-state index in [0.29, 0.717) is 12.3 Å². The zero-order valence-electron chi connectivity index (χ0n) is 10.5. The van der Waals surface area contributed by atoms with Gasteiger partial charge < -0.3 is 15.5 Å². The molecule has 0 bridgehead atoms. The second kappa shape index (κ2) is 6.04. The Balaban J connectivity index is 2.03. The molecule has 100 valence electrons. The van der Waals surface area contributed by atoms with Crippen molar-refractivity contribution in [3.8, 4) is 5.75 Å². The summed E-state index contributed by atoms with van der Waals surface area (Å²) in [7, 11) is 0. The highest BCUT2D eigenvalue weighted by Crippen LogP contribution is 2.29. The molecule has 3 N–H and O–H groups in total. The van der Waals surface area contributed by atoms with Crippen molar-refractivity contribution in [2.24, 2.45) is 0 Å². The van der Waals surface area contributed by atoms with Crippen LogP contribution < -0.4 is 5.32 Å². The number of aliphatic hydroxyl groups is 1. The molecular weight excluding hydrogens is 294 g/mol. The van der Waals surface area contributed by atoms with E-state index in [0.717, 1.165) is 35.7 Å². The van der Waals surface area contributed by atoms with E-state index in [-0.39, 0.29) is 12.1 Å². The fourth-order valence-corrected chi connectivity index (χ4v) is 3.01. The first-order chi connectivity index (χ1) is 8.65. The Hall–Kier alpha value is -0.580. The topological polar surface area (TPSA) is 52.5 Å². The second-order valence-electron chi connectivity index (χ2n) is 5.13. The van der Waals surface area contributed by atoms with Crippen molar-refractivity contribution in [3.05, 3.63) is 28.2 Å². The molecule has 2 rings (SSSR count). The number of aliphatic hydroxyl groups excluding tert-OH is 1. The minimum atomic E-state index is -0.160. The van der Waals surface area contributed by atoms with Crippen molar-refractivity contribution < 1.29 is 10.2 Å². The van der Waals surface area contributed by atoms with E-state index >= 15 is 0 Å². The van der Waals surface area contributed by atoms with Gasteiger partial charge in [-0.3, -0.25) is 0 Å². The van der Waals surface area contributed by atoms with Gasteiger partial charge in [-0.25, -0.2) is 0 Å². The first kappa shape index (κ1) is 13.8. The molecule has 18 heavy (non-hydrogen) atoms. The summed E-state index contributed by atoms with van der Waals surface area (Å²) in [4.78, 5) is 0. The molecule has 0 radical (unpaired) electrons. The Bertz CT molecular complexity index is 403. The van der Waals surface area contributed by atoms with E-state index in [9.17, 15) is 10.2 Å². The predicted molar refractivity (Wildman–Crippen MR) is 75.5 cm³/mol. The third-order valence-corrected chi connectivity index (χ3v) is 4.30. The molecule has 0 amide bonds. The molecule has 1 aliphatic carbocycles. The number of nitrogens with one attached hydrogen (secondary N) is 1. The summed E-state index contributed by atoms with van der Waals surface area (Å²) < 4.78 is 0.957. The van der Waals surface area contributed by atoms with E-state index in [1.165, 1.54) is 6.42 Å². The van der Waals surface area contributed by atoms with E-state index in [4.69, 9.17) is 0 Å². The molecule has 0 heterocycles. The maximum atomic E-state index is 9.80. The number of benzene rings is 1. The Labute approximate surface area is 116 Å². The van der Waals surface area contributed by atoms with Crippen molar-refractivity contribution in [1.29, 1.82) is 0 Å². The summed E-state index contributed by atoms with van der Waals surface area (Å²) >= 11 is 3.40. The highest BCUT2D eigenvalue weighted by Gasteiger charge is 2.30. The van der Waals surface area contributed by atoms with Crippen LogP contribution in [-0.2, 0) is 6.54 Å². The minimum Gasteiger partial charge on any atom is -0.508 e. The monoisotopic (exact) mass is 313 g/mol. The molecule has 1 aliphatic rings. The van der Waals surface area contributed by atoms with Crippen LogP contribution in [0.5, 0.6) is 5.75 Å². The van der Waals surface area contributed by atoms with Gasteiger partial charge in [-0.1, -0.05) is 35.2 Å². The molecule has 1 aromatic carbocycles. The molecule has 0 spiro atoms. The largest absolute Gasteiger partial charge is 0.508 e. The van der Waals surface area contributed by atoms with E-state index < -0.39 is 0 Å². The average Bonchev–Trinajstić information content (AvgIpc) is 2.41. The summed E-state index contributed by atoms with van der Waals surface area (Å²) in [5, 5.41) is 22.8. The normalized spacial score (nSPS) is 18.8. The lowest BCUT2D eigenvalue weighted by atomic mass is 9.82. The molecule has 0 unspecified atom stereocenters. The van der Waals surface area contributed by atoms with Crippen LogP contribution >= 0.6 is 15.9 Å². The van der Waals surface area contributed by atoms with Crippen molar-refractivity contribution >= 4 is 15.9 Å². The first-order valence-corrected chi connectivity index (χ1v) is 7.28. The summed E-state index contributed by atoms with van der Waals surface area (Å²) in [5.41, 5.74) is 0.704. The van der Waals surface area contributed by atoms with Gasteiger partial charge in [0.05, 0.1) is 6.61 Å². The van der Waals surface area contributed by atoms with Gasteiger partial charge in [0.1, 0.15) is 5.75 Å². The fraction of sp³-hybridized carbons (Fsp3) is 0.571. The number of halogens is 1. The van der Waals surface area contributed by atoms with Gasteiger partial charge in [-0.05, 0) is 31.0 Å². The van der Waals surface area contributed by atoms with Crippen LogP contribution in [0, 0.1) is 0 Å². The average molecular weight is 314 g/mol. The summed E-state index contributed by atoms with van der Waals surface area (Å²) in [6.45, 7) is 0.758. The summed E-state index contributed by atoms with van der Waals surface area (Å²) in [6.07, 6.45) is 5.61. The fourth-order valence-electron chi connectivity index (χ4n) is 2.60. The maximum Gasteiger partial charge on any atom is 0.120 e. The lowest BCUT2D eigenvalue weighted by molar-refractivity contribution is 0.119. The molecular formula is C14H20BrNO2. The van der Waals surface area contributed by atoms with Crippen molar-refractivity contribution in [1.82, 2.24) is 5.32 Å². The van der Waals surface area contributed by atoms with Crippen LogP contribution in [0.15, 0.2) is 22.7 Å². The van der Waals surface area contributed by atoms with E-state index in [1.807, 2.05) is 12.1 Å². The number of phenolic OH excluding ortho intramolecular Hbond substituents is 1. The highest BCUT2D eigenvalue weighted by atomic mass is 79.9. The Morgan fingerprint density at radius 3 is 2.61 bits per heavy atom. The molecule has 3 nitrogen and oxygen atoms in total. The highest BCUT2D eigenvalue weighted by molar-refractivity contribution is 9.10. The van der Waals surface area contributed by atoms with Crippen LogP contribution in [0.3, 0.4) is 0 Å². The van der Waals surface area contributed by atoms with Crippen molar-refractivity contribution in [2.45, 2.75) is 44.2 Å². The smallest absolute Gasteiger partial charge is 0.120 e. The first-order valence-electron chi connectivity index (χ1n) is 6.48. The van der Waals surface area contributed by atoms with Crippen LogP contribution in [0.4, 0.5) is 0 Å². The summed E-state index contributed by atoms with van der Waals surface area (Å²) in [6, 6.07) is 5.42. The standard InChI is InChI=1S/C14H20BrNO2/c15-12-4-5-13(18)11(8-12)9-16-14(10-17)6-2-1-3-7-14/h4-5,8,16-18H,1-3,6-7,9-10H2. The van der Waals surface area contributed by atoms with E-state index in [2.05, 4.69) is 21.2 Å².